The van der Waals surface area contributed by atoms with Crippen LogP contribution in [0.3, 0.4) is 0 Å². The Hall–Kier alpha value is -2.73. The fourth-order valence-electron chi connectivity index (χ4n) is 3.97. The highest BCUT2D eigenvalue weighted by atomic mass is 35.5. The molecular formula is C29H31Cl3N2O3. The van der Waals surface area contributed by atoms with Crippen LogP contribution in [0.1, 0.15) is 35.6 Å². The molecule has 0 aliphatic rings. The van der Waals surface area contributed by atoms with Crippen LogP contribution in [0.5, 0.6) is 5.75 Å². The van der Waals surface area contributed by atoms with Crippen molar-refractivity contribution in [2.75, 3.05) is 13.2 Å². The number of carbonyl (C=O) groups excluding carboxylic acids is 2. The minimum Gasteiger partial charge on any atom is -0.484 e. The zero-order valence-electron chi connectivity index (χ0n) is 21.2. The molecule has 0 saturated carbocycles. The lowest BCUT2D eigenvalue weighted by Crippen LogP contribution is -2.51. The summed E-state index contributed by atoms with van der Waals surface area (Å²) in [4.78, 5) is 28.6. The molecule has 196 valence electrons. The SMILES string of the molecule is CCCNC(=O)C(Cc1ccccc1)N(Cc1ccc(Cl)cc1Cl)C(=O)COc1cc(C)c(Cl)c(C)c1. The molecule has 0 aromatic heterocycles. The fourth-order valence-corrected chi connectivity index (χ4v) is 4.55. The average Bonchev–Trinajstić information content (AvgIpc) is 2.88. The Kier molecular flexibility index (Phi) is 10.7. The van der Waals surface area contributed by atoms with Gasteiger partial charge in [-0.3, -0.25) is 9.59 Å². The highest BCUT2D eigenvalue weighted by Gasteiger charge is 2.31. The van der Waals surface area contributed by atoms with Gasteiger partial charge in [-0.2, -0.15) is 0 Å². The van der Waals surface area contributed by atoms with Gasteiger partial charge in [0, 0.05) is 34.6 Å². The molecule has 0 heterocycles. The molecule has 0 saturated heterocycles. The van der Waals surface area contributed by atoms with Gasteiger partial charge in [0.25, 0.3) is 5.91 Å². The monoisotopic (exact) mass is 560 g/mol. The second-order valence-corrected chi connectivity index (χ2v) is 10.1. The second kappa shape index (κ2) is 13.7. The number of rotatable bonds is 11. The lowest BCUT2D eigenvalue weighted by atomic mass is 10.0. The van der Waals surface area contributed by atoms with Crippen LogP contribution in [0, 0.1) is 13.8 Å². The zero-order valence-corrected chi connectivity index (χ0v) is 23.5. The van der Waals surface area contributed by atoms with Crippen molar-refractivity contribution in [1.29, 1.82) is 0 Å². The molecule has 0 aliphatic heterocycles. The van der Waals surface area contributed by atoms with Crippen molar-refractivity contribution in [3.05, 3.63) is 98.0 Å². The maximum atomic E-state index is 13.7. The Morgan fingerprint density at radius 3 is 2.27 bits per heavy atom. The van der Waals surface area contributed by atoms with Crippen LogP contribution in [0.2, 0.25) is 15.1 Å². The molecule has 3 rings (SSSR count). The number of hydrogen-bond donors (Lipinski definition) is 1. The normalized spacial score (nSPS) is 11.6. The van der Waals surface area contributed by atoms with E-state index in [0.717, 1.165) is 23.1 Å². The highest BCUT2D eigenvalue weighted by Crippen LogP contribution is 2.27. The van der Waals surface area contributed by atoms with E-state index in [1.54, 1.807) is 30.3 Å². The summed E-state index contributed by atoms with van der Waals surface area (Å²) in [7, 11) is 0. The van der Waals surface area contributed by atoms with E-state index >= 15 is 0 Å². The lowest BCUT2D eigenvalue weighted by Gasteiger charge is -2.31. The van der Waals surface area contributed by atoms with Crippen LogP contribution in [-0.2, 0) is 22.6 Å². The molecule has 0 fully saturated rings. The van der Waals surface area contributed by atoms with Crippen LogP contribution in [0.15, 0.2) is 60.7 Å². The predicted molar refractivity (Wildman–Crippen MR) is 151 cm³/mol. The molecule has 8 heteroatoms. The van der Waals surface area contributed by atoms with Crippen molar-refractivity contribution in [1.82, 2.24) is 10.2 Å². The molecule has 3 aromatic rings. The number of halogens is 3. The molecule has 0 radical (unpaired) electrons. The number of amides is 2. The van der Waals surface area contributed by atoms with E-state index in [2.05, 4.69) is 5.32 Å². The minimum absolute atomic E-state index is 0.119. The van der Waals surface area contributed by atoms with Crippen molar-refractivity contribution in [3.63, 3.8) is 0 Å². The number of carbonyl (C=O) groups is 2. The van der Waals surface area contributed by atoms with E-state index in [-0.39, 0.29) is 25.0 Å². The van der Waals surface area contributed by atoms with Crippen molar-refractivity contribution < 1.29 is 14.3 Å². The smallest absolute Gasteiger partial charge is 0.261 e. The number of nitrogens with one attached hydrogen (secondary N) is 1. The highest BCUT2D eigenvalue weighted by molar-refractivity contribution is 6.35. The fraction of sp³-hybridized carbons (Fsp3) is 0.310. The topological polar surface area (TPSA) is 58.6 Å². The van der Waals surface area contributed by atoms with E-state index in [0.29, 0.717) is 39.3 Å². The molecule has 2 amide bonds. The first-order valence-corrected chi connectivity index (χ1v) is 13.3. The third kappa shape index (κ3) is 8.13. The summed E-state index contributed by atoms with van der Waals surface area (Å²) in [5.41, 5.74) is 3.33. The molecule has 1 atom stereocenters. The Morgan fingerprint density at radius 2 is 1.65 bits per heavy atom. The van der Waals surface area contributed by atoms with Gasteiger partial charge in [-0.1, -0.05) is 78.1 Å². The van der Waals surface area contributed by atoms with Gasteiger partial charge in [0.15, 0.2) is 6.61 Å². The Morgan fingerprint density at radius 1 is 0.973 bits per heavy atom. The van der Waals surface area contributed by atoms with Gasteiger partial charge in [0.2, 0.25) is 5.91 Å². The van der Waals surface area contributed by atoms with Gasteiger partial charge >= 0.3 is 0 Å². The Balaban J connectivity index is 1.94. The molecule has 1 N–H and O–H groups in total. The van der Waals surface area contributed by atoms with Crippen molar-refractivity contribution in [2.24, 2.45) is 0 Å². The van der Waals surface area contributed by atoms with Gasteiger partial charge < -0.3 is 15.0 Å². The quantitative estimate of drug-likeness (QED) is 0.280. The third-order valence-electron chi connectivity index (χ3n) is 5.95. The third-order valence-corrected chi connectivity index (χ3v) is 7.13. The van der Waals surface area contributed by atoms with E-state index in [1.165, 1.54) is 4.90 Å². The summed E-state index contributed by atoms with van der Waals surface area (Å²) < 4.78 is 5.88. The number of aryl methyl sites for hydroxylation is 2. The van der Waals surface area contributed by atoms with Gasteiger partial charge in [-0.05, 0) is 66.8 Å². The van der Waals surface area contributed by atoms with E-state index in [1.807, 2.05) is 51.1 Å². The number of hydrogen-bond acceptors (Lipinski definition) is 3. The van der Waals surface area contributed by atoms with E-state index in [9.17, 15) is 9.59 Å². The maximum Gasteiger partial charge on any atom is 0.261 e. The van der Waals surface area contributed by atoms with Gasteiger partial charge in [-0.25, -0.2) is 0 Å². The average molecular weight is 562 g/mol. The number of benzene rings is 3. The molecule has 3 aromatic carbocycles. The number of ether oxygens (including phenoxy) is 1. The lowest BCUT2D eigenvalue weighted by molar-refractivity contribution is -0.142. The maximum absolute atomic E-state index is 13.7. The largest absolute Gasteiger partial charge is 0.484 e. The van der Waals surface area contributed by atoms with Crippen LogP contribution in [0.25, 0.3) is 0 Å². The van der Waals surface area contributed by atoms with Crippen LogP contribution >= 0.6 is 34.8 Å². The van der Waals surface area contributed by atoms with Gasteiger partial charge in [0.05, 0.1) is 0 Å². The molecule has 0 spiro atoms. The summed E-state index contributed by atoms with van der Waals surface area (Å²) >= 11 is 18.8. The minimum atomic E-state index is -0.773. The second-order valence-electron chi connectivity index (χ2n) is 8.91. The molecule has 0 aliphatic carbocycles. The summed E-state index contributed by atoms with van der Waals surface area (Å²) in [6, 6.07) is 17.5. The summed E-state index contributed by atoms with van der Waals surface area (Å²) in [6.07, 6.45) is 1.12. The van der Waals surface area contributed by atoms with E-state index in [4.69, 9.17) is 39.5 Å². The zero-order chi connectivity index (χ0) is 26.9. The van der Waals surface area contributed by atoms with Crippen molar-refractivity contribution in [3.8, 4) is 5.75 Å². The molecule has 5 nitrogen and oxygen atoms in total. The van der Waals surface area contributed by atoms with E-state index < -0.39 is 6.04 Å². The standard InChI is InChI=1S/C29H31Cl3N2O3/c1-4-12-33-29(36)26(15-21-8-6-5-7-9-21)34(17-22-10-11-23(30)16-25(22)31)27(35)18-37-24-13-19(2)28(32)20(3)14-24/h5-11,13-14,16,26H,4,12,15,17-18H2,1-3H3,(H,33,36). The first kappa shape index (κ1) is 28.8. The van der Waals surface area contributed by atoms with Gasteiger partial charge in [0.1, 0.15) is 11.8 Å². The number of nitrogens with zero attached hydrogens (tertiary/aromatic N) is 1. The van der Waals surface area contributed by atoms with Gasteiger partial charge in [-0.15, -0.1) is 0 Å². The van der Waals surface area contributed by atoms with Crippen molar-refractivity contribution >= 4 is 46.6 Å². The summed E-state index contributed by atoms with van der Waals surface area (Å²) in [5.74, 6) is -0.0431. The summed E-state index contributed by atoms with van der Waals surface area (Å²) in [6.45, 7) is 6.12. The Bertz CT molecular complexity index is 1210. The molecular weight excluding hydrogens is 531 g/mol. The van der Waals surface area contributed by atoms with Crippen LogP contribution in [0.4, 0.5) is 0 Å². The molecule has 37 heavy (non-hydrogen) atoms. The molecule has 1 unspecified atom stereocenters. The summed E-state index contributed by atoms with van der Waals surface area (Å²) in [5, 5.41) is 4.52. The van der Waals surface area contributed by atoms with Crippen molar-refractivity contribution in [2.45, 2.75) is 46.2 Å². The first-order valence-electron chi connectivity index (χ1n) is 12.1. The first-order chi connectivity index (χ1) is 17.7. The molecule has 0 bridgehead atoms. The van der Waals surface area contributed by atoms with Crippen LogP contribution in [-0.4, -0.2) is 35.9 Å². The predicted octanol–water partition coefficient (Wildman–Crippen LogP) is 6.81. The Labute approximate surface area is 233 Å². The van der Waals surface area contributed by atoms with Crippen LogP contribution < -0.4 is 10.1 Å².